The summed E-state index contributed by atoms with van der Waals surface area (Å²) < 4.78 is 5.88. The largest absolute Gasteiger partial charge is 0.473 e. The SMILES string of the molecule is Cc1cccc(COc2cc(C)nc(N3CCCCC3)n2)c1. The summed E-state index contributed by atoms with van der Waals surface area (Å²) in [7, 11) is 0. The number of anilines is 1. The van der Waals surface area contributed by atoms with Gasteiger partial charge in [-0.15, -0.1) is 0 Å². The fourth-order valence-corrected chi connectivity index (χ4v) is 2.79. The van der Waals surface area contributed by atoms with Gasteiger partial charge >= 0.3 is 0 Å². The zero-order valence-corrected chi connectivity index (χ0v) is 13.4. The van der Waals surface area contributed by atoms with Crippen LogP contribution in [0.15, 0.2) is 30.3 Å². The van der Waals surface area contributed by atoms with Gasteiger partial charge in [0.2, 0.25) is 11.8 Å². The normalized spacial score (nSPS) is 14.9. The molecule has 0 unspecified atom stereocenters. The van der Waals surface area contributed by atoms with Crippen LogP contribution < -0.4 is 9.64 Å². The highest BCUT2D eigenvalue weighted by molar-refractivity contribution is 5.34. The topological polar surface area (TPSA) is 38.2 Å². The number of piperidine rings is 1. The summed E-state index contributed by atoms with van der Waals surface area (Å²) in [5, 5.41) is 0. The van der Waals surface area contributed by atoms with Crippen LogP contribution in [0.2, 0.25) is 0 Å². The minimum atomic E-state index is 0.539. The number of ether oxygens (including phenoxy) is 1. The molecule has 1 aromatic heterocycles. The van der Waals surface area contributed by atoms with Crippen LogP contribution in [0.25, 0.3) is 0 Å². The van der Waals surface area contributed by atoms with Crippen LogP contribution in [0.4, 0.5) is 5.95 Å². The molecule has 0 amide bonds. The molecule has 0 spiro atoms. The Morgan fingerprint density at radius 2 is 1.86 bits per heavy atom. The lowest BCUT2D eigenvalue weighted by Gasteiger charge is -2.27. The minimum Gasteiger partial charge on any atom is -0.473 e. The van der Waals surface area contributed by atoms with E-state index in [9.17, 15) is 0 Å². The molecule has 1 saturated heterocycles. The minimum absolute atomic E-state index is 0.539. The van der Waals surface area contributed by atoms with Gasteiger partial charge in [0.25, 0.3) is 0 Å². The molecular weight excluding hydrogens is 274 g/mol. The summed E-state index contributed by atoms with van der Waals surface area (Å²) in [4.78, 5) is 11.4. The first-order chi connectivity index (χ1) is 10.7. The molecule has 1 aromatic carbocycles. The Morgan fingerprint density at radius 3 is 2.64 bits per heavy atom. The van der Waals surface area contributed by atoms with Crippen molar-refractivity contribution in [2.45, 2.75) is 39.7 Å². The maximum atomic E-state index is 5.88. The number of hydrogen-bond acceptors (Lipinski definition) is 4. The smallest absolute Gasteiger partial charge is 0.228 e. The van der Waals surface area contributed by atoms with Gasteiger partial charge in [-0.05, 0) is 38.7 Å². The number of aryl methyl sites for hydroxylation is 2. The summed E-state index contributed by atoms with van der Waals surface area (Å²) in [6.07, 6.45) is 3.74. The van der Waals surface area contributed by atoms with E-state index < -0.39 is 0 Å². The number of rotatable bonds is 4. The van der Waals surface area contributed by atoms with E-state index in [4.69, 9.17) is 4.74 Å². The lowest BCUT2D eigenvalue weighted by molar-refractivity contribution is 0.293. The highest BCUT2D eigenvalue weighted by Crippen LogP contribution is 2.20. The van der Waals surface area contributed by atoms with E-state index in [0.717, 1.165) is 30.3 Å². The molecule has 0 N–H and O–H groups in total. The van der Waals surface area contributed by atoms with Crippen molar-refractivity contribution in [3.63, 3.8) is 0 Å². The molecule has 0 radical (unpaired) electrons. The van der Waals surface area contributed by atoms with Crippen LogP contribution in [0.5, 0.6) is 5.88 Å². The molecule has 1 aliphatic rings. The molecule has 0 bridgehead atoms. The lowest BCUT2D eigenvalue weighted by Crippen LogP contribution is -2.31. The van der Waals surface area contributed by atoms with Crippen molar-refractivity contribution in [3.05, 3.63) is 47.2 Å². The molecule has 2 aromatic rings. The van der Waals surface area contributed by atoms with E-state index in [-0.39, 0.29) is 0 Å². The van der Waals surface area contributed by atoms with Crippen molar-refractivity contribution in [3.8, 4) is 5.88 Å². The fraction of sp³-hybridized carbons (Fsp3) is 0.444. The van der Waals surface area contributed by atoms with Crippen molar-refractivity contribution in [1.29, 1.82) is 0 Å². The Morgan fingerprint density at radius 1 is 1.05 bits per heavy atom. The van der Waals surface area contributed by atoms with Gasteiger partial charge in [0.05, 0.1) is 0 Å². The predicted octanol–water partition coefficient (Wildman–Crippen LogP) is 3.66. The Bertz CT molecular complexity index is 636. The van der Waals surface area contributed by atoms with E-state index in [1.165, 1.54) is 24.8 Å². The zero-order chi connectivity index (χ0) is 15.4. The summed E-state index contributed by atoms with van der Waals surface area (Å²) in [5.41, 5.74) is 3.36. The first-order valence-electron chi connectivity index (χ1n) is 8.00. The van der Waals surface area contributed by atoms with Gasteiger partial charge in [0.15, 0.2) is 0 Å². The molecular formula is C18H23N3O. The van der Waals surface area contributed by atoms with Crippen molar-refractivity contribution in [1.82, 2.24) is 9.97 Å². The third-order valence-electron chi connectivity index (χ3n) is 3.93. The van der Waals surface area contributed by atoms with Crippen molar-refractivity contribution in [2.75, 3.05) is 18.0 Å². The number of nitrogens with zero attached hydrogens (tertiary/aromatic N) is 3. The lowest BCUT2D eigenvalue weighted by atomic mass is 10.1. The molecule has 1 fully saturated rings. The molecule has 116 valence electrons. The molecule has 4 heteroatoms. The molecule has 4 nitrogen and oxygen atoms in total. The van der Waals surface area contributed by atoms with E-state index in [1.807, 2.05) is 13.0 Å². The molecule has 0 atom stereocenters. The van der Waals surface area contributed by atoms with Crippen molar-refractivity contribution >= 4 is 5.95 Å². The van der Waals surface area contributed by atoms with Crippen LogP contribution >= 0.6 is 0 Å². The summed E-state index contributed by atoms with van der Waals surface area (Å²) in [5.74, 6) is 1.47. The van der Waals surface area contributed by atoms with Crippen LogP contribution in [0.3, 0.4) is 0 Å². The zero-order valence-electron chi connectivity index (χ0n) is 13.4. The maximum absolute atomic E-state index is 5.88. The van der Waals surface area contributed by atoms with E-state index in [0.29, 0.717) is 12.5 Å². The number of hydrogen-bond donors (Lipinski definition) is 0. The predicted molar refractivity (Wildman–Crippen MR) is 88.3 cm³/mol. The Kier molecular flexibility index (Phi) is 4.56. The van der Waals surface area contributed by atoms with E-state index in [1.54, 1.807) is 0 Å². The first kappa shape index (κ1) is 14.8. The average molecular weight is 297 g/mol. The molecule has 0 saturated carbocycles. The van der Waals surface area contributed by atoms with Crippen LogP contribution in [0, 0.1) is 13.8 Å². The standard InChI is InChI=1S/C18H23N3O/c1-14-7-6-8-16(11-14)13-22-17-12-15(2)19-18(20-17)21-9-4-3-5-10-21/h6-8,11-12H,3-5,9-10,13H2,1-2H3. The van der Waals surface area contributed by atoms with Gasteiger partial charge < -0.3 is 9.64 Å². The van der Waals surface area contributed by atoms with Gasteiger partial charge in [0.1, 0.15) is 6.61 Å². The number of benzene rings is 1. The third-order valence-corrected chi connectivity index (χ3v) is 3.93. The second-order valence-electron chi connectivity index (χ2n) is 5.97. The second-order valence-corrected chi connectivity index (χ2v) is 5.97. The van der Waals surface area contributed by atoms with Crippen molar-refractivity contribution < 1.29 is 4.74 Å². The quantitative estimate of drug-likeness (QED) is 0.863. The highest BCUT2D eigenvalue weighted by atomic mass is 16.5. The van der Waals surface area contributed by atoms with Gasteiger partial charge in [-0.1, -0.05) is 29.8 Å². The molecule has 0 aliphatic carbocycles. The number of aromatic nitrogens is 2. The summed E-state index contributed by atoms with van der Waals surface area (Å²) in [6, 6.07) is 10.3. The van der Waals surface area contributed by atoms with Gasteiger partial charge in [-0.2, -0.15) is 4.98 Å². The monoisotopic (exact) mass is 297 g/mol. The van der Waals surface area contributed by atoms with Gasteiger partial charge in [-0.3, -0.25) is 0 Å². The highest BCUT2D eigenvalue weighted by Gasteiger charge is 2.15. The first-order valence-corrected chi connectivity index (χ1v) is 8.00. The van der Waals surface area contributed by atoms with Gasteiger partial charge in [-0.25, -0.2) is 4.98 Å². The molecule has 1 aliphatic heterocycles. The van der Waals surface area contributed by atoms with Crippen molar-refractivity contribution in [2.24, 2.45) is 0 Å². The molecule has 3 rings (SSSR count). The fourth-order valence-electron chi connectivity index (χ4n) is 2.79. The molecule has 2 heterocycles. The Labute approximate surface area is 132 Å². The van der Waals surface area contributed by atoms with Crippen LogP contribution in [0.1, 0.15) is 36.1 Å². The summed E-state index contributed by atoms with van der Waals surface area (Å²) in [6.45, 7) is 6.71. The van der Waals surface area contributed by atoms with Crippen LogP contribution in [-0.2, 0) is 6.61 Å². The summed E-state index contributed by atoms with van der Waals surface area (Å²) >= 11 is 0. The average Bonchev–Trinajstić information content (AvgIpc) is 2.53. The maximum Gasteiger partial charge on any atom is 0.228 e. The van der Waals surface area contributed by atoms with E-state index >= 15 is 0 Å². The van der Waals surface area contributed by atoms with Crippen LogP contribution in [-0.4, -0.2) is 23.1 Å². The third kappa shape index (κ3) is 3.75. The van der Waals surface area contributed by atoms with Gasteiger partial charge in [0, 0.05) is 24.8 Å². The Balaban J connectivity index is 1.71. The van der Waals surface area contributed by atoms with E-state index in [2.05, 4.69) is 46.1 Å². The molecule has 22 heavy (non-hydrogen) atoms. The Hall–Kier alpha value is -2.10. The second kappa shape index (κ2) is 6.77.